The molecule has 0 aliphatic heterocycles. The molecule has 1 aromatic carbocycles. The van der Waals surface area contributed by atoms with Gasteiger partial charge in [0.25, 0.3) is 5.09 Å². The third kappa shape index (κ3) is 13.5. The molecule has 1 atom stereocenters. The van der Waals surface area contributed by atoms with Crippen LogP contribution in [0.25, 0.3) is 0 Å². The quantitative estimate of drug-likeness (QED) is 0.461. The van der Waals surface area contributed by atoms with E-state index in [1.54, 1.807) is 7.11 Å². The van der Waals surface area contributed by atoms with E-state index in [4.69, 9.17) is 24.8 Å². The van der Waals surface area contributed by atoms with Crippen molar-refractivity contribution in [3.8, 4) is 5.75 Å². The first-order valence-electron chi connectivity index (χ1n) is 7.30. The molecule has 0 fully saturated rings. The molecule has 0 saturated carbocycles. The number of methoxy groups -OCH3 is 1. The summed E-state index contributed by atoms with van der Waals surface area (Å²) < 4.78 is 10.6. The first-order valence-corrected chi connectivity index (χ1v) is 7.30. The number of ether oxygens (including phenoxy) is 2. The minimum Gasteiger partial charge on any atom is -0.491 e. The average molecular weight is 330 g/mol. The number of hydrogen-bond donors (Lipinski definition) is 3. The van der Waals surface area contributed by atoms with Crippen LogP contribution in [-0.2, 0) is 11.2 Å². The standard InChI is InChI=1S/C15H25NO3.HNO3/c1-12(2)16-10-14(17)11-19-15-6-4-13(5-7-15)8-9-18-3;2-1(3)4/h4-7,12,14,16-17H,8-11H2,1-3H3;(H,2,3,4). The monoisotopic (exact) mass is 330 g/mol. The summed E-state index contributed by atoms with van der Waals surface area (Å²) in [7, 11) is 1.70. The Balaban J connectivity index is 0.00000108. The van der Waals surface area contributed by atoms with Crippen LogP contribution in [-0.4, -0.2) is 54.4 Å². The zero-order valence-corrected chi connectivity index (χ0v) is 13.8. The van der Waals surface area contributed by atoms with Crippen LogP contribution < -0.4 is 10.1 Å². The molecule has 0 spiro atoms. The van der Waals surface area contributed by atoms with Gasteiger partial charge in [-0.1, -0.05) is 26.0 Å². The van der Waals surface area contributed by atoms with E-state index in [1.807, 2.05) is 38.1 Å². The van der Waals surface area contributed by atoms with Crippen LogP contribution in [0.5, 0.6) is 5.75 Å². The highest BCUT2D eigenvalue weighted by Gasteiger charge is 2.05. The Morgan fingerprint density at radius 2 is 1.87 bits per heavy atom. The summed E-state index contributed by atoms with van der Waals surface area (Å²) in [6.07, 6.45) is 0.410. The van der Waals surface area contributed by atoms with E-state index in [2.05, 4.69) is 5.32 Å². The molecule has 3 N–H and O–H groups in total. The van der Waals surface area contributed by atoms with Crippen LogP contribution >= 0.6 is 0 Å². The van der Waals surface area contributed by atoms with Crippen molar-refractivity contribution in [1.82, 2.24) is 5.32 Å². The van der Waals surface area contributed by atoms with Crippen molar-refractivity contribution >= 4 is 0 Å². The summed E-state index contributed by atoms with van der Waals surface area (Å²) in [5, 5.41) is 26.5. The van der Waals surface area contributed by atoms with E-state index in [9.17, 15) is 5.11 Å². The fourth-order valence-corrected chi connectivity index (χ4v) is 1.60. The number of nitrogens with zero attached hydrogens (tertiary/aromatic N) is 1. The third-order valence-electron chi connectivity index (χ3n) is 2.72. The fraction of sp³-hybridized carbons (Fsp3) is 0.600. The van der Waals surface area contributed by atoms with E-state index in [0.29, 0.717) is 19.2 Å². The van der Waals surface area contributed by atoms with Crippen LogP contribution in [0.2, 0.25) is 0 Å². The predicted octanol–water partition coefficient (Wildman–Crippen LogP) is 1.27. The first kappa shape index (κ1) is 21.1. The summed E-state index contributed by atoms with van der Waals surface area (Å²) in [5.74, 6) is 0.782. The fourth-order valence-electron chi connectivity index (χ4n) is 1.60. The largest absolute Gasteiger partial charge is 0.491 e. The number of aliphatic hydroxyl groups excluding tert-OH is 1. The minimum absolute atomic E-state index is 0.303. The van der Waals surface area contributed by atoms with Crippen molar-refractivity contribution in [3.05, 3.63) is 39.9 Å². The lowest BCUT2D eigenvalue weighted by Crippen LogP contribution is -2.35. The van der Waals surface area contributed by atoms with Gasteiger partial charge in [-0.3, -0.25) is 0 Å². The van der Waals surface area contributed by atoms with E-state index in [1.165, 1.54) is 5.56 Å². The Hall–Kier alpha value is -1.90. The molecule has 0 amide bonds. The molecule has 1 aromatic rings. The minimum atomic E-state index is -1.50. The molecule has 8 nitrogen and oxygen atoms in total. The lowest BCUT2D eigenvalue weighted by molar-refractivity contribution is -0.742. The summed E-state index contributed by atoms with van der Waals surface area (Å²) in [4.78, 5) is 8.36. The molecule has 8 heteroatoms. The number of rotatable bonds is 9. The third-order valence-corrected chi connectivity index (χ3v) is 2.72. The average Bonchev–Trinajstić information content (AvgIpc) is 2.49. The molecule has 0 radical (unpaired) electrons. The zero-order valence-electron chi connectivity index (χ0n) is 13.8. The second kappa shape index (κ2) is 12.6. The van der Waals surface area contributed by atoms with Gasteiger partial charge in [0.05, 0.1) is 6.61 Å². The van der Waals surface area contributed by atoms with Crippen LogP contribution in [0, 0.1) is 10.1 Å². The number of hydrogen-bond acceptors (Lipinski definition) is 6. The molecule has 1 rings (SSSR count). The number of nitrogens with one attached hydrogen (secondary N) is 1. The SMILES string of the molecule is COCCc1ccc(OCC(O)CNC(C)C)cc1.O=[N+]([O-])O. The van der Waals surface area contributed by atoms with Gasteiger partial charge in [-0.25, -0.2) is 0 Å². The molecule has 132 valence electrons. The zero-order chi connectivity index (χ0) is 17.7. The summed E-state index contributed by atoms with van der Waals surface area (Å²) in [5.41, 5.74) is 1.22. The van der Waals surface area contributed by atoms with Crippen molar-refractivity contribution in [1.29, 1.82) is 0 Å². The molecule has 0 aromatic heterocycles. The topological polar surface area (TPSA) is 114 Å². The highest BCUT2D eigenvalue weighted by Crippen LogP contribution is 2.12. The second-order valence-electron chi connectivity index (χ2n) is 5.15. The van der Waals surface area contributed by atoms with Gasteiger partial charge in [0.2, 0.25) is 0 Å². The van der Waals surface area contributed by atoms with Crippen molar-refractivity contribution in [3.63, 3.8) is 0 Å². The van der Waals surface area contributed by atoms with Crippen molar-refractivity contribution < 1.29 is 24.9 Å². The highest BCUT2D eigenvalue weighted by atomic mass is 16.9. The maximum absolute atomic E-state index is 9.73. The van der Waals surface area contributed by atoms with E-state index >= 15 is 0 Å². The molecule has 0 aliphatic carbocycles. The maximum atomic E-state index is 9.73. The predicted molar refractivity (Wildman–Crippen MR) is 85.4 cm³/mol. The number of benzene rings is 1. The van der Waals surface area contributed by atoms with Gasteiger partial charge in [0, 0.05) is 19.7 Å². The number of aliphatic hydroxyl groups is 1. The normalized spacial score (nSPS) is 11.5. The van der Waals surface area contributed by atoms with Crippen molar-refractivity contribution in [2.24, 2.45) is 0 Å². The summed E-state index contributed by atoms with van der Waals surface area (Å²) in [6.45, 7) is 5.67. The van der Waals surface area contributed by atoms with E-state index < -0.39 is 11.2 Å². The van der Waals surface area contributed by atoms with Crippen molar-refractivity contribution in [2.45, 2.75) is 32.4 Å². The Labute approximate surface area is 136 Å². The smallest absolute Gasteiger partial charge is 0.291 e. The molecular formula is C15H26N2O6. The molecule has 0 bridgehead atoms. The van der Waals surface area contributed by atoms with Gasteiger partial charge in [0.15, 0.2) is 0 Å². The van der Waals surface area contributed by atoms with Gasteiger partial charge < -0.3 is 25.1 Å². The molecule has 0 aliphatic rings. The molecule has 0 saturated heterocycles. The van der Waals surface area contributed by atoms with E-state index in [0.717, 1.165) is 18.8 Å². The van der Waals surface area contributed by atoms with Gasteiger partial charge in [-0.05, 0) is 24.1 Å². The first-order chi connectivity index (χ1) is 10.8. The molecular weight excluding hydrogens is 304 g/mol. The van der Waals surface area contributed by atoms with Crippen LogP contribution in [0.3, 0.4) is 0 Å². The lowest BCUT2D eigenvalue weighted by Gasteiger charge is -2.15. The van der Waals surface area contributed by atoms with Crippen molar-refractivity contribution in [2.75, 3.05) is 26.9 Å². The van der Waals surface area contributed by atoms with Gasteiger partial charge >= 0.3 is 0 Å². The van der Waals surface area contributed by atoms with Gasteiger partial charge in [-0.2, -0.15) is 0 Å². The Bertz CT molecular complexity index is 420. The Kier molecular flexibility index (Phi) is 11.6. The lowest BCUT2D eigenvalue weighted by atomic mass is 10.1. The Morgan fingerprint density at radius 1 is 1.30 bits per heavy atom. The summed E-state index contributed by atoms with van der Waals surface area (Å²) in [6, 6.07) is 8.26. The van der Waals surface area contributed by atoms with Gasteiger partial charge in [-0.15, -0.1) is 10.1 Å². The summed E-state index contributed by atoms with van der Waals surface area (Å²) >= 11 is 0. The maximum Gasteiger partial charge on any atom is 0.291 e. The van der Waals surface area contributed by atoms with Gasteiger partial charge in [0.1, 0.15) is 18.5 Å². The molecule has 1 unspecified atom stereocenters. The Morgan fingerprint density at radius 3 is 2.35 bits per heavy atom. The molecule has 23 heavy (non-hydrogen) atoms. The van der Waals surface area contributed by atoms with Crippen LogP contribution in [0.1, 0.15) is 19.4 Å². The van der Waals surface area contributed by atoms with Crippen LogP contribution in [0.4, 0.5) is 0 Å². The second-order valence-corrected chi connectivity index (χ2v) is 5.15. The molecule has 0 heterocycles. The highest BCUT2D eigenvalue weighted by molar-refractivity contribution is 5.27. The van der Waals surface area contributed by atoms with E-state index in [-0.39, 0.29) is 0 Å². The van der Waals surface area contributed by atoms with Crippen LogP contribution in [0.15, 0.2) is 24.3 Å².